The van der Waals surface area contributed by atoms with Gasteiger partial charge in [-0.25, -0.2) is 12.7 Å². The van der Waals surface area contributed by atoms with Crippen molar-refractivity contribution in [2.45, 2.75) is 36.3 Å². The zero-order chi connectivity index (χ0) is 32.0. The fraction of sp³-hybridized carbons (Fsp3) is 0.355. The van der Waals surface area contributed by atoms with Crippen LogP contribution >= 0.6 is 23.2 Å². The fourth-order valence-electron chi connectivity index (χ4n) is 6.16. The number of nitrogens with zero attached hydrogens (tertiary/aromatic N) is 2. The lowest BCUT2D eigenvalue weighted by Gasteiger charge is -2.40. The van der Waals surface area contributed by atoms with Gasteiger partial charge in [0.15, 0.2) is 17.5 Å². The molecule has 5 rings (SSSR count). The van der Waals surface area contributed by atoms with Gasteiger partial charge in [0, 0.05) is 40.3 Å². The Balaban J connectivity index is 1.69. The predicted octanol–water partition coefficient (Wildman–Crippen LogP) is 4.78. The molecule has 3 atom stereocenters. The van der Waals surface area contributed by atoms with Crippen LogP contribution in [-0.4, -0.2) is 68.8 Å². The van der Waals surface area contributed by atoms with Crippen LogP contribution in [0.2, 0.25) is 10.0 Å². The lowest BCUT2D eigenvalue weighted by atomic mass is 9.81. The molecule has 2 N–H and O–H groups in total. The molecule has 0 aromatic heterocycles. The van der Waals surface area contributed by atoms with E-state index in [4.69, 9.17) is 32.7 Å². The van der Waals surface area contributed by atoms with Crippen molar-refractivity contribution >= 4 is 50.8 Å². The van der Waals surface area contributed by atoms with Gasteiger partial charge in [-0.1, -0.05) is 48.3 Å². The summed E-state index contributed by atoms with van der Waals surface area (Å²) in [5.41, 5.74) is -1.97. The van der Waals surface area contributed by atoms with E-state index in [2.05, 4.69) is 0 Å². The third kappa shape index (κ3) is 5.25. The summed E-state index contributed by atoms with van der Waals surface area (Å²) >= 11 is 13.0. The van der Waals surface area contributed by atoms with Crippen molar-refractivity contribution in [3.8, 4) is 11.5 Å². The summed E-state index contributed by atoms with van der Waals surface area (Å²) in [5, 5.41) is 22.6. The molecule has 13 heteroatoms. The summed E-state index contributed by atoms with van der Waals surface area (Å²) < 4.78 is 40.7. The Kier molecular flexibility index (Phi) is 8.78. The van der Waals surface area contributed by atoms with Gasteiger partial charge < -0.3 is 24.6 Å². The predicted molar refractivity (Wildman–Crippen MR) is 165 cm³/mol. The normalized spacial score (nSPS) is 21.1. The van der Waals surface area contributed by atoms with Gasteiger partial charge in [-0.15, -0.1) is 0 Å². The van der Waals surface area contributed by atoms with E-state index in [0.717, 1.165) is 4.31 Å². The average molecular weight is 664 g/mol. The van der Waals surface area contributed by atoms with Crippen molar-refractivity contribution in [2.75, 3.05) is 31.6 Å². The van der Waals surface area contributed by atoms with Gasteiger partial charge in [0.2, 0.25) is 5.91 Å². The minimum absolute atomic E-state index is 0.0549. The first-order valence-electron chi connectivity index (χ1n) is 13.9. The number of anilines is 1. The van der Waals surface area contributed by atoms with E-state index in [1.165, 1.54) is 55.5 Å². The third-order valence-corrected chi connectivity index (χ3v) is 11.0. The topological polar surface area (TPSA) is 134 Å². The van der Waals surface area contributed by atoms with Crippen molar-refractivity contribution in [2.24, 2.45) is 11.8 Å². The number of halogens is 2. The maximum absolute atomic E-state index is 14.6. The van der Waals surface area contributed by atoms with Gasteiger partial charge in [0.25, 0.3) is 10.0 Å². The average Bonchev–Trinajstić information content (AvgIpc) is 3.29. The molecule has 3 aromatic carbocycles. The summed E-state index contributed by atoms with van der Waals surface area (Å²) in [4.78, 5) is 27.5. The number of aliphatic hydroxyl groups is 1. The fourth-order valence-corrected chi connectivity index (χ4v) is 8.27. The van der Waals surface area contributed by atoms with E-state index in [-0.39, 0.29) is 56.5 Å². The smallest absolute Gasteiger partial charge is 0.306 e. The minimum Gasteiger partial charge on any atom is -0.493 e. The van der Waals surface area contributed by atoms with E-state index >= 15 is 0 Å². The Bertz CT molecular complexity index is 1710. The first-order chi connectivity index (χ1) is 20.9. The molecule has 1 fully saturated rings. The second-order valence-electron chi connectivity index (χ2n) is 10.9. The van der Waals surface area contributed by atoms with Gasteiger partial charge >= 0.3 is 5.97 Å². The number of carbonyl (C=O) groups excluding carboxylic acids is 1. The van der Waals surface area contributed by atoms with E-state index in [1.54, 1.807) is 31.2 Å². The molecule has 2 aliphatic heterocycles. The molecule has 0 bridgehead atoms. The molecule has 1 amide bonds. The quantitative estimate of drug-likeness (QED) is 0.352. The molecule has 0 spiro atoms. The Labute approximate surface area is 265 Å². The second kappa shape index (κ2) is 12.1. The van der Waals surface area contributed by atoms with Crippen LogP contribution in [-0.2, 0) is 25.2 Å². The highest BCUT2D eigenvalue weighted by molar-refractivity contribution is 7.93. The van der Waals surface area contributed by atoms with Gasteiger partial charge in [0.05, 0.1) is 30.7 Å². The Hall–Kier alpha value is -3.51. The van der Waals surface area contributed by atoms with Crippen LogP contribution in [0.4, 0.5) is 5.69 Å². The molecule has 0 saturated carbocycles. The molecule has 0 aliphatic carbocycles. The van der Waals surface area contributed by atoms with Gasteiger partial charge in [-0.3, -0.25) is 9.59 Å². The number of likely N-dealkylation sites (tertiary alicyclic amines) is 1. The van der Waals surface area contributed by atoms with Crippen LogP contribution in [0.5, 0.6) is 11.5 Å². The van der Waals surface area contributed by atoms with E-state index in [1.807, 2.05) is 0 Å². The molecule has 1 saturated heterocycles. The van der Waals surface area contributed by atoms with Crippen molar-refractivity contribution in [3.05, 3.63) is 81.8 Å². The number of amides is 1. The Morgan fingerprint density at radius 2 is 1.61 bits per heavy atom. The van der Waals surface area contributed by atoms with Crippen molar-refractivity contribution in [1.82, 2.24) is 4.90 Å². The first-order valence-corrected chi connectivity index (χ1v) is 16.1. The highest BCUT2D eigenvalue weighted by Crippen LogP contribution is 2.53. The minimum atomic E-state index is -4.56. The number of aliphatic carboxylic acids is 1. The largest absolute Gasteiger partial charge is 0.493 e. The number of ether oxygens (including phenoxy) is 2. The zero-order valence-corrected chi connectivity index (χ0v) is 26.6. The second-order valence-corrected chi connectivity index (χ2v) is 13.6. The van der Waals surface area contributed by atoms with Crippen molar-refractivity contribution in [1.29, 1.82) is 0 Å². The number of carboxylic acids is 1. The summed E-state index contributed by atoms with van der Waals surface area (Å²) in [5.74, 6) is -1.89. The lowest BCUT2D eigenvalue weighted by Crippen LogP contribution is -2.58. The molecule has 234 valence electrons. The summed E-state index contributed by atoms with van der Waals surface area (Å²) in [7, 11) is -1.76. The van der Waals surface area contributed by atoms with E-state index in [9.17, 15) is 28.2 Å². The number of rotatable bonds is 8. The Morgan fingerprint density at radius 3 is 2.23 bits per heavy atom. The maximum Gasteiger partial charge on any atom is 0.306 e. The number of piperidine rings is 1. The highest BCUT2D eigenvalue weighted by Gasteiger charge is 2.60. The van der Waals surface area contributed by atoms with E-state index in [0.29, 0.717) is 18.6 Å². The number of fused-ring (bicyclic) bond motifs is 1. The molecule has 3 aromatic rings. The van der Waals surface area contributed by atoms with Gasteiger partial charge in [-0.05, 0) is 55.2 Å². The van der Waals surface area contributed by atoms with Crippen LogP contribution in [0, 0.1) is 11.8 Å². The zero-order valence-electron chi connectivity index (χ0n) is 24.2. The summed E-state index contributed by atoms with van der Waals surface area (Å²) in [6, 6.07) is 13.1. The van der Waals surface area contributed by atoms with Crippen LogP contribution in [0.15, 0.2) is 65.6 Å². The summed E-state index contributed by atoms with van der Waals surface area (Å²) in [6.07, 6.45) is 0.801. The van der Waals surface area contributed by atoms with Crippen LogP contribution in [0.25, 0.3) is 0 Å². The lowest BCUT2D eigenvalue weighted by molar-refractivity contribution is -0.144. The number of hydrogen-bond acceptors (Lipinski definition) is 7. The SMILES string of the molecule is COc1ccc(S(=O)(=O)N2c3ccc(Cl)cc3C(O)(c3ccccc3Cl)C2C(=O)N2CCC(C(C)C(=O)O)CC2)cc1OC. The number of methoxy groups -OCH3 is 2. The first kappa shape index (κ1) is 31.9. The standard InChI is InChI=1S/C31H32Cl2N2O8S/c1-18(30(37)38)19-12-14-34(15-13-19)29(36)28-31(39,22-6-4-5-7-24(22)33)23-16-20(32)8-10-25(23)35(28)44(40,41)21-9-11-26(42-2)27(17-21)43-3/h4-11,16-19,28,39H,12-15H2,1-3H3,(H,37,38). The molecule has 10 nitrogen and oxygen atoms in total. The molecule has 44 heavy (non-hydrogen) atoms. The van der Waals surface area contributed by atoms with Crippen LogP contribution in [0.3, 0.4) is 0 Å². The number of carbonyl (C=O) groups is 2. The number of hydrogen-bond donors (Lipinski definition) is 2. The van der Waals surface area contributed by atoms with Crippen molar-refractivity contribution < 1.29 is 37.7 Å². The molecular weight excluding hydrogens is 631 g/mol. The molecular formula is C31H32Cl2N2O8S. The van der Waals surface area contributed by atoms with Crippen LogP contribution < -0.4 is 13.8 Å². The van der Waals surface area contributed by atoms with Crippen LogP contribution in [0.1, 0.15) is 30.9 Å². The monoisotopic (exact) mass is 662 g/mol. The molecule has 2 heterocycles. The molecule has 2 aliphatic rings. The van der Waals surface area contributed by atoms with E-state index < -0.39 is 39.5 Å². The van der Waals surface area contributed by atoms with Gasteiger partial charge in [0.1, 0.15) is 5.60 Å². The third-order valence-electron chi connectivity index (χ3n) is 8.62. The number of sulfonamides is 1. The molecule has 0 radical (unpaired) electrons. The number of carboxylic acid groups (broad SMARTS) is 1. The van der Waals surface area contributed by atoms with Gasteiger partial charge in [-0.2, -0.15) is 0 Å². The maximum atomic E-state index is 14.6. The summed E-state index contributed by atoms with van der Waals surface area (Å²) in [6.45, 7) is 1.99. The van der Waals surface area contributed by atoms with Crippen molar-refractivity contribution in [3.63, 3.8) is 0 Å². The Morgan fingerprint density at radius 1 is 0.955 bits per heavy atom. The molecule has 3 unspecified atom stereocenters. The number of benzene rings is 3. The highest BCUT2D eigenvalue weighted by atomic mass is 35.5.